The molecule has 0 N–H and O–H groups in total. The summed E-state index contributed by atoms with van der Waals surface area (Å²) < 4.78 is 0. The van der Waals surface area contributed by atoms with Crippen molar-refractivity contribution in [2.45, 2.75) is 13.3 Å². The highest BCUT2D eigenvalue weighted by molar-refractivity contribution is 5.71. The maximum Gasteiger partial charge on any atom is 0.0702 e. The average molecular weight is 259 g/mol. The Morgan fingerprint density at radius 1 is 0.750 bits per heavy atom. The third kappa shape index (κ3) is 2.62. The first-order valence-corrected chi connectivity index (χ1v) is 6.97. The predicted octanol–water partition coefficient (Wildman–Crippen LogP) is 4.98. The Kier molecular flexibility index (Phi) is 3.60. The van der Waals surface area contributed by atoms with E-state index >= 15 is 0 Å². The molecule has 3 rings (SSSR count). The summed E-state index contributed by atoms with van der Waals surface area (Å²) in [5.74, 6) is 0. The molecule has 0 atom stereocenters. The van der Waals surface area contributed by atoms with Crippen LogP contribution in [0, 0.1) is 0 Å². The number of nitrogens with zero attached hydrogens (tertiary/aromatic N) is 1. The molecule has 2 aromatic carbocycles. The number of rotatable bonds is 3. The van der Waals surface area contributed by atoms with Gasteiger partial charge in [-0.1, -0.05) is 55.5 Å². The highest BCUT2D eigenvalue weighted by Gasteiger charge is 2.02. The van der Waals surface area contributed by atoms with Crippen molar-refractivity contribution in [3.05, 3.63) is 78.5 Å². The van der Waals surface area contributed by atoms with Crippen molar-refractivity contribution in [2.75, 3.05) is 0 Å². The van der Waals surface area contributed by atoms with Crippen LogP contribution in [0.25, 0.3) is 22.4 Å². The Bertz CT molecular complexity index is 702. The second kappa shape index (κ2) is 5.70. The highest BCUT2D eigenvalue weighted by Crippen LogP contribution is 2.25. The van der Waals surface area contributed by atoms with E-state index in [1.165, 1.54) is 16.7 Å². The molecule has 0 saturated carbocycles. The highest BCUT2D eigenvalue weighted by atomic mass is 14.7. The lowest BCUT2D eigenvalue weighted by atomic mass is 9.99. The topological polar surface area (TPSA) is 12.9 Å². The summed E-state index contributed by atoms with van der Waals surface area (Å²) in [5, 5.41) is 0. The molecule has 1 heterocycles. The molecule has 0 unspecified atom stereocenters. The van der Waals surface area contributed by atoms with Crippen molar-refractivity contribution in [3.63, 3.8) is 0 Å². The van der Waals surface area contributed by atoms with Crippen LogP contribution in [0.3, 0.4) is 0 Å². The fourth-order valence-electron chi connectivity index (χ4n) is 2.36. The van der Waals surface area contributed by atoms with E-state index in [0.29, 0.717) is 0 Å². The first kappa shape index (κ1) is 12.6. The number of aromatic nitrogens is 1. The second-order valence-electron chi connectivity index (χ2n) is 4.85. The smallest absolute Gasteiger partial charge is 0.0702 e. The summed E-state index contributed by atoms with van der Waals surface area (Å²) in [7, 11) is 0. The van der Waals surface area contributed by atoms with Crippen LogP contribution in [0.1, 0.15) is 12.5 Å². The third-order valence-electron chi connectivity index (χ3n) is 3.49. The minimum atomic E-state index is 1.01. The third-order valence-corrected chi connectivity index (χ3v) is 3.49. The molecule has 0 aliphatic heterocycles. The molecule has 1 aromatic heterocycles. The van der Waals surface area contributed by atoms with Gasteiger partial charge in [-0.3, -0.25) is 4.98 Å². The van der Waals surface area contributed by atoms with E-state index < -0.39 is 0 Å². The largest absolute Gasteiger partial charge is 0.256 e. The maximum absolute atomic E-state index is 4.42. The molecule has 0 spiro atoms. The molecule has 0 bridgehead atoms. The van der Waals surface area contributed by atoms with E-state index in [2.05, 4.69) is 60.4 Å². The van der Waals surface area contributed by atoms with Crippen LogP contribution in [0.4, 0.5) is 0 Å². The van der Waals surface area contributed by atoms with Crippen LogP contribution >= 0.6 is 0 Å². The number of benzene rings is 2. The summed E-state index contributed by atoms with van der Waals surface area (Å²) in [5.41, 5.74) is 6.04. The Labute approximate surface area is 119 Å². The zero-order valence-corrected chi connectivity index (χ0v) is 11.6. The molecule has 1 heteroatoms. The molecular formula is C19H17N. The molecule has 0 saturated heterocycles. The minimum absolute atomic E-state index is 1.01. The van der Waals surface area contributed by atoms with Crippen molar-refractivity contribution in [3.8, 4) is 22.4 Å². The lowest BCUT2D eigenvalue weighted by Gasteiger charge is -2.07. The van der Waals surface area contributed by atoms with Gasteiger partial charge in [-0.05, 0) is 41.3 Å². The number of hydrogen-bond acceptors (Lipinski definition) is 1. The molecule has 0 amide bonds. The number of pyridine rings is 1. The summed E-state index contributed by atoms with van der Waals surface area (Å²) in [6.07, 6.45) is 2.90. The zero-order valence-electron chi connectivity index (χ0n) is 11.6. The van der Waals surface area contributed by atoms with Crippen LogP contribution in [-0.4, -0.2) is 4.98 Å². The normalized spacial score (nSPS) is 10.4. The van der Waals surface area contributed by atoms with Gasteiger partial charge in [-0.25, -0.2) is 0 Å². The Hall–Kier alpha value is -2.41. The molecule has 0 aliphatic carbocycles. The van der Waals surface area contributed by atoms with E-state index in [4.69, 9.17) is 0 Å². The van der Waals surface area contributed by atoms with Crippen molar-refractivity contribution >= 4 is 0 Å². The van der Waals surface area contributed by atoms with Crippen molar-refractivity contribution in [1.29, 1.82) is 0 Å². The van der Waals surface area contributed by atoms with Gasteiger partial charge in [0.15, 0.2) is 0 Å². The summed E-state index contributed by atoms with van der Waals surface area (Å²) in [6, 6.07) is 23.3. The summed E-state index contributed by atoms with van der Waals surface area (Å²) >= 11 is 0. The molecule has 98 valence electrons. The monoisotopic (exact) mass is 259 g/mol. The van der Waals surface area contributed by atoms with Gasteiger partial charge in [0.25, 0.3) is 0 Å². The quantitative estimate of drug-likeness (QED) is 0.646. The van der Waals surface area contributed by atoms with Gasteiger partial charge in [-0.2, -0.15) is 0 Å². The fraction of sp³-hybridized carbons (Fsp3) is 0.105. The summed E-state index contributed by atoms with van der Waals surface area (Å²) in [6.45, 7) is 2.18. The molecule has 20 heavy (non-hydrogen) atoms. The summed E-state index contributed by atoms with van der Waals surface area (Å²) in [4.78, 5) is 4.42. The predicted molar refractivity (Wildman–Crippen MR) is 84.5 cm³/mol. The van der Waals surface area contributed by atoms with E-state index in [0.717, 1.165) is 17.7 Å². The van der Waals surface area contributed by atoms with E-state index in [9.17, 15) is 0 Å². The van der Waals surface area contributed by atoms with Gasteiger partial charge in [0.1, 0.15) is 0 Å². The van der Waals surface area contributed by atoms with E-state index in [1.54, 1.807) is 0 Å². The molecule has 0 fully saturated rings. The van der Waals surface area contributed by atoms with Crippen molar-refractivity contribution in [2.24, 2.45) is 0 Å². The van der Waals surface area contributed by atoms with Crippen LogP contribution in [0.2, 0.25) is 0 Å². The standard InChI is InChI=1S/C19H17N/c1-2-15-7-5-8-16(13-15)17-9-6-10-18(14-17)19-11-3-4-12-20-19/h3-14H,2H2,1H3. The Balaban J connectivity index is 2.03. The van der Waals surface area contributed by atoms with Crippen LogP contribution in [0.15, 0.2) is 72.9 Å². The maximum atomic E-state index is 4.42. The Morgan fingerprint density at radius 3 is 2.25 bits per heavy atom. The van der Waals surface area contributed by atoms with Gasteiger partial charge in [0, 0.05) is 11.8 Å². The first-order valence-electron chi connectivity index (χ1n) is 6.97. The van der Waals surface area contributed by atoms with Gasteiger partial charge in [0.2, 0.25) is 0 Å². The minimum Gasteiger partial charge on any atom is -0.256 e. The molecule has 3 aromatic rings. The second-order valence-corrected chi connectivity index (χ2v) is 4.85. The van der Waals surface area contributed by atoms with Crippen LogP contribution in [0.5, 0.6) is 0 Å². The molecule has 0 aliphatic rings. The number of hydrogen-bond donors (Lipinski definition) is 0. The zero-order chi connectivity index (χ0) is 13.8. The molecular weight excluding hydrogens is 242 g/mol. The lowest BCUT2D eigenvalue weighted by molar-refractivity contribution is 1.14. The van der Waals surface area contributed by atoms with Crippen molar-refractivity contribution < 1.29 is 0 Å². The number of aryl methyl sites for hydroxylation is 1. The Morgan fingerprint density at radius 2 is 1.50 bits per heavy atom. The molecule has 0 radical (unpaired) electrons. The molecule has 1 nitrogen and oxygen atoms in total. The van der Waals surface area contributed by atoms with E-state index in [-0.39, 0.29) is 0 Å². The fourth-order valence-corrected chi connectivity index (χ4v) is 2.36. The van der Waals surface area contributed by atoms with Gasteiger partial charge >= 0.3 is 0 Å². The average Bonchev–Trinajstić information content (AvgIpc) is 2.56. The first-order chi connectivity index (χ1) is 9.86. The van der Waals surface area contributed by atoms with Gasteiger partial charge in [-0.15, -0.1) is 0 Å². The lowest BCUT2D eigenvalue weighted by Crippen LogP contribution is -1.85. The van der Waals surface area contributed by atoms with Gasteiger partial charge < -0.3 is 0 Å². The van der Waals surface area contributed by atoms with E-state index in [1.807, 2.05) is 24.4 Å². The van der Waals surface area contributed by atoms with Crippen molar-refractivity contribution in [1.82, 2.24) is 4.98 Å². The SMILES string of the molecule is CCc1cccc(-c2cccc(-c3ccccn3)c2)c1. The van der Waals surface area contributed by atoms with Crippen LogP contribution in [-0.2, 0) is 6.42 Å². The van der Waals surface area contributed by atoms with Gasteiger partial charge in [0.05, 0.1) is 5.69 Å². The van der Waals surface area contributed by atoms with Crippen LogP contribution < -0.4 is 0 Å².